The Kier molecular flexibility index (Phi) is 4.36. The van der Waals surface area contributed by atoms with Crippen molar-refractivity contribution in [1.82, 2.24) is 19.9 Å². The predicted molar refractivity (Wildman–Crippen MR) is 102 cm³/mol. The van der Waals surface area contributed by atoms with E-state index < -0.39 is 0 Å². The molecule has 136 valence electrons. The lowest BCUT2D eigenvalue weighted by Crippen LogP contribution is -2.46. The molecule has 1 fully saturated rings. The normalized spacial score (nSPS) is 15.8. The Morgan fingerprint density at radius 2 is 1.88 bits per heavy atom. The number of nitrogens with one attached hydrogen (secondary N) is 1. The lowest BCUT2D eigenvalue weighted by atomic mass is 10.1. The van der Waals surface area contributed by atoms with Crippen molar-refractivity contribution in [2.75, 3.05) is 31.1 Å². The van der Waals surface area contributed by atoms with Crippen LogP contribution < -0.4 is 4.90 Å². The van der Waals surface area contributed by atoms with Gasteiger partial charge in [-0.1, -0.05) is 0 Å². The third-order valence-electron chi connectivity index (χ3n) is 5.23. The SMILES string of the molecule is Cc1cnc(C)c(N2CCN(Cc3[nH]c4ccc(F)cc4c3C)CC2)n1. The van der Waals surface area contributed by atoms with E-state index in [4.69, 9.17) is 0 Å². The quantitative estimate of drug-likeness (QED) is 0.784. The number of H-pyrrole nitrogens is 1. The second-order valence-electron chi connectivity index (χ2n) is 7.10. The van der Waals surface area contributed by atoms with Gasteiger partial charge in [0.15, 0.2) is 0 Å². The zero-order chi connectivity index (χ0) is 18.3. The molecule has 1 aromatic carbocycles. The summed E-state index contributed by atoms with van der Waals surface area (Å²) in [6.45, 7) is 10.7. The number of aryl methyl sites for hydroxylation is 3. The van der Waals surface area contributed by atoms with Gasteiger partial charge in [0.1, 0.15) is 11.6 Å². The number of piperazine rings is 1. The van der Waals surface area contributed by atoms with Gasteiger partial charge in [-0.05, 0) is 44.5 Å². The number of hydrogen-bond donors (Lipinski definition) is 1. The van der Waals surface area contributed by atoms with E-state index in [1.54, 1.807) is 6.07 Å². The van der Waals surface area contributed by atoms with Crippen LogP contribution >= 0.6 is 0 Å². The molecule has 1 aliphatic heterocycles. The van der Waals surface area contributed by atoms with Crippen LogP contribution in [0.2, 0.25) is 0 Å². The van der Waals surface area contributed by atoms with Crippen molar-refractivity contribution in [3.05, 3.63) is 52.9 Å². The van der Waals surface area contributed by atoms with Gasteiger partial charge < -0.3 is 9.88 Å². The second-order valence-corrected chi connectivity index (χ2v) is 7.10. The van der Waals surface area contributed by atoms with Crippen LogP contribution in [0.25, 0.3) is 10.9 Å². The summed E-state index contributed by atoms with van der Waals surface area (Å²) in [5.41, 5.74) is 5.25. The number of aromatic amines is 1. The lowest BCUT2D eigenvalue weighted by Gasteiger charge is -2.35. The number of rotatable bonds is 3. The predicted octanol–water partition coefficient (Wildman–Crippen LogP) is 3.34. The van der Waals surface area contributed by atoms with E-state index in [9.17, 15) is 4.39 Å². The number of fused-ring (bicyclic) bond motifs is 1. The first-order valence-corrected chi connectivity index (χ1v) is 9.05. The van der Waals surface area contributed by atoms with E-state index in [1.165, 1.54) is 11.8 Å². The van der Waals surface area contributed by atoms with Gasteiger partial charge in [0.2, 0.25) is 0 Å². The molecule has 1 aliphatic rings. The summed E-state index contributed by atoms with van der Waals surface area (Å²) in [5.74, 6) is 0.816. The average Bonchev–Trinajstić information content (AvgIpc) is 2.93. The standard InChI is InChI=1S/C20H24FN5/c1-13-11-22-15(3)20(23-13)26-8-6-25(7-9-26)12-19-14(2)17-10-16(21)4-5-18(17)24-19/h4-5,10-11,24H,6-9,12H2,1-3H3. The molecule has 0 aliphatic carbocycles. The smallest absolute Gasteiger partial charge is 0.150 e. The largest absolute Gasteiger partial charge is 0.357 e. The van der Waals surface area contributed by atoms with Crippen LogP contribution in [0.15, 0.2) is 24.4 Å². The van der Waals surface area contributed by atoms with Crippen LogP contribution in [0.3, 0.4) is 0 Å². The number of nitrogens with zero attached hydrogens (tertiary/aromatic N) is 4. The second kappa shape index (κ2) is 6.68. The van der Waals surface area contributed by atoms with Crippen LogP contribution in [-0.4, -0.2) is 46.0 Å². The minimum atomic E-state index is -0.186. The summed E-state index contributed by atoms with van der Waals surface area (Å²) < 4.78 is 13.5. The lowest BCUT2D eigenvalue weighted by molar-refractivity contribution is 0.246. The maximum Gasteiger partial charge on any atom is 0.150 e. The van der Waals surface area contributed by atoms with Crippen LogP contribution in [0.5, 0.6) is 0 Å². The Balaban J connectivity index is 1.46. The van der Waals surface area contributed by atoms with E-state index in [-0.39, 0.29) is 5.82 Å². The monoisotopic (exact) mass is 353 g/mol. The summed E-state index contributed by atoms with van der Waals surface area (Å²) >= 11 is 0. The zero-order valence-corrected chi connectivity index (χ0v) is 15.5. The fourth-order valence-electron chi connectivity index (χ4n) is 3.68. The molecule has 0 bridgehead atoms. The van der Waals surface area contributed by atoms with Crippen molar-refractivity contribution >= 4 is 16.7 Å². The first kappa shape index (κ1) is 17.0. The molecule has 0 radical (unpaired) electrons. The van der Waals surface area contributed by atoms with E-state index in [1.807, 2.05) is 26.1 Å². The minimum Gasteiger partial charge on any atom is -0.357 e. The van der Waals surface area contributed by atoms with Crippen molar-refractivity contribution in [3.63, 3.8) is 0 Å². The van der Waals surface area contributed by atoms with Crippen LogP contribution in [0.1, 0.15) is 22.6 Å². The van der Waals surface area contributed by atoms with Gasteiger partial charge in [-0.3, -0.25) is 9.88 Å². The molecule has 1 saturated heterocycles. The Morgan fingerprint density at radius 3 is 2.65 bits per heavy atom. The molecule has 0 amide bonds. The molecule has 0 unspecified atom stereocenters. The number of halogens is 1. The third kappa shape index (κ3) is 3.17. The summed E-state index contributed by atoms with van der Waals surface area (Å²) in [7, 11) is 0. The molecule has 1 N–H and O–H groups in total. The van der Waals surface area contributed by atoms with Gasteiger partial charge in [-0.25, -0.2) is 9.37 Å². The highest BCUT2D eigenvalue weighted by Gasteiger charge is 2.21. The molecule has 5 nitrogen and oxygen atoms in total. The van der Waals surface area contributed by atoms with Crippen molar-refractivity contribution in [2.45, 2.75) is 27.3 Å². The Labute approximate surface area is 152 Å². The van der Waals surface area contributed by atoms with E-state index in [0.29, 0.717) is 0 Å². The Hall–Kier alpha value is -2.47. The van der Waals surface area contributed by atoms with Crippen molar-refractivity contribution in [3.8, 4) is 0 Å². The highest BCUT2D eigenvalue weighted by atomic mass is 19.1. The molecule has 3 aromatic rings. The van der Waals surface area contributed by atoms with Gasteiger partial charge in [-0.15, -0.1) is 0 Å². The zero-order valence-electron chi connectivity index (χ0n) is 15.5. The molecule has 26 heavy (non-hydrogen) atoms. The molecule has 0 spiro atoms. The Morgan fingerprint density at radius 1 is 1.12 bits per heavy atom. The molecule has 2 aromatic heterocycles. The molecule has 6 heteroatoms. The number of benzene rings is 1. The highest BCUT2D eigenvalue weighted by Crippen LogP contribution is 2.24. The van der Waals surface area contributed by atoms with E-state index in [2.05, 4.69) is 31.7 Å². The van der Waals surface area contributed by atoms with E-state index >= 15 is 0 Å². The maximum absolute atomic E-state index is 13.5. The topological polar surface area (TPSA) is 48.1 Å². The van der Waals surface area contributed by atoms with Gasteiger partial charge in [-0.2, -0.15) is 0 Å². The number of anilines is 1. The summed E-state index contributed by atoms with van der Waals surface area (Å²) in [4.78, 5) is 17.3. The maximum atomic E-state index is 13.5. The minimum absolute atomic E-state index is 0.186. The van der Waals surface area contributed by atoms with Crippen molar-refractivity contribution in [2.24, 2.45) is 0 Å². The molecule has 4 rings (SSSR count). The fourth-order valence-corrected chi connectivity index (χ4v) is 3.68. The summed E-state index contributed by atoms with van der Waals surface area (Å²) in [5, 5.41) is 0.976. The molecule has 0 atom stereocenters. The molecule has 3 heterocycles. The van der Waals surface area contributed by atoms with Gasteiger partial charge in [0, 0.05) is 55.5 Å². The summed E-state index contributed by atoms with van der Waals surface area (Å²) in [6.07, 6.45) is 1.82. The average molecular weight is 353 g/mol. The summed E-state index contributed by atoms with van der Waals surface area (Å²) in [6, 6.07) is 4.94. The Bertz CT molecular complexity index is 941. The van der Waals surface area contributed by atoms with Crippen LogP contribution in [0, 0.1) is 26.6 Å². The third-order valence-corrected chi connectivity index (χ3v) is 5.23. The van der Waals surface area contributed by atoms with Gasteiger partial charge in [0.05, 0.1) is 11.4 Å². The molecular formula is C20H24FN5. The number of hydrogen-bond acceptors (Lipinski definition) is 4. The van der Waals surface area contributed by atoms with Gasteiger partial charge >= 0.3 is 0 Å². The van der Waals surface area contributed by atoms with Gasteiger partial charge in [0.25, 0.3) is 0 Å². The van der Waals surface area contributed by atoms with Crippen molar-refractivity contribution in [1.29, 1.82) is 0 Å². The van der Waals surface area contributed by atoms with Crippen LogP contribution in [0.4, 0.5) is 10.2 Å². The fraction of sp³-hybridized carbons (Fsp3) is 0.400. The number of aromatic nitrogens is 3. The van der Waals surface area contributed by atoms with Crippen LogP contribution in [-0.2, 0) is 6.54 Å². The van der Waals surface area contributed by atoms with E-state index in [0.717, 1.165) is 66.4 Å². The first-order chi connectivity index (χ1) is 12.5. The molecular weight excluding hydrogens is 329 g/mol. The first-order valence-electron chi connectivity index (χ1n) is 9.05. The highest BCUT2D eigenvalue weighted by molar-refractivity contribution is 5.84. The molecule has 0 saturated carbocycles. The van der Waals surface area contributed by atoms with Crippen molar-refractivity contribution < 1.29 is 4.39 Å².